The molecule has 0 aliphatic rings. The number of ether oxygens (including phenoxy) is 1. The number of unbranched alkanes of at least 4 members (excludes halogenated alkanes) is 3. The topological polar surface area (TPSA) is 64.1 Å². The SMILES string of the molecule is CCCCCCC(=O)Nc1ccc(Oc2ncc(Br)cn2)c(C)c1. The highest BCUT2D eigenvalue weighted by Crippen LogP contribution is 2.25. The van der Waals surface area contributed by atoms with Crippen molar-refractivity contribution in [1.29, 1.82) is 0 Å². The summed E-state index contributed by atoms with van der Waals surface area (Å²) in [7, 11) is 0. The van der Waals surface area contributed by atoms with Crippen molar-refractivity contribution in [1.82, 2.24) is 9.97 Å². The lowest BCUT2D eigenvalue weighted by Crippen LogP contribution is -2.11. The first-order valence-corrected chi connectivity index (χ1v) is 8.93. The normalized spacial score (nSPS) is 10.5. The van der Waals surface area contributed by atoms with Gasteiger partial charge in [-0.15, -0.1) is 0 Å². The fraction of sp³-hybridized carbons (Fsp3) is 0.389. The number of carbonyl (C=O) groups is 1. The van der Waals surface area contributed by atoms with Crippen molar-refractivity contribution in [3.05, 3.63) is 40.6 Å². The van der Waals surface area contributed by atoms with Gasteiger partial charge in [-0.25, -0.2) is 9.97 Å². The highest BCUT2D eigenvalue weighted by Gasteiger charge is 2.07. The second-order valence-electron chi connectivity index (χ2n) is 5.63. The molecule has 0 aliphatic heterocycles. The molecule has 1 aromatic carbocycles. The zero-order chi connectivity index (χ0) is 17.4. The molecule has 2 rings (SSSR count). The number of rotatable bonds is 8. The summed E-state index contributed by atoms with van der Waals surface area (Å²) in [6.45, 7) is 4.08. The van der Waals surface area contributed by atoms with Crippen LogP contribution in [0, 0.1) is 6.92 Å². The molecule has 1 heterocycles. The molecule has 1 aromatic heterocycles. The number of nitrogens with one attached hydrogen (secondary N) is 1. The number of halogens is 1. The van der Waals surface area contributed by atoms with Crippen LogP contribution in [0.15, 0.2) is 35.1 Å². The van der Waals surface area contributed by atoms with Crippen molar-refractivity contribution < 1.29 is 9.53 Å². The van der Waals surface area contributed by atoms with Crippen LogP contribution in [0.5, 0.6) is 11.8 Å². The summed E-state index contributed by atoms with van der Waals surface area (Å²) in [5, 5.41) is 2.93. The molecule has 0 saturated heterocycles. The van der Waals surface area contributed by atoms with Crippen LogP contribution in [-0.2, 0) is 4.79 Å². The van der Waals surface area contributed by atoms with E-state index < -0.39 is 0 Å². The number of amides is 1. The van der Waals surface area contributed by atoms with Gasteiger partial charge in [-0.2, -0.15) is 0 Å². The van der Waals surface area contributed by atoms with Gasteiger partial charge in [-0.1, -0.05) is 26.2 Å². The average molecular weight is 392 g/mol. The predicted molar refractivity (Wildman–Crippen MR) is 98.4 cm³/mol. The smallest absolute Gasteiger partial charge is 0.321 e. The molecule has 24 heavy (non-hydrogen) atoms. The minimum absolute atomic E-state index is 0.0513. The number of hydrogen-bond acceptors (Lipinski definition) is 4. The summed E-state index contributed by atoms with van der Waals surface area (Å²) in [4.78, 5) is 20.1. The van der Waals surface area contributed by atoms with E-state index in [0.717, 1.165) is 28.6 Å². The zero-order valence-electron chi connectivity index (χ0n) is 14.0. The van der Waals surface area contributed by atoms with Crippen LogP contribution >= 0.6 is 15.9 Å². The Kier molecular flexibility index (Phi) is 7.18. The molecule has 5 nitrogen and oxygen atoms in total. The second kappa shape index (κ2) is 9.37. The van der Waals surface area contributed by atoms with Crippen molar-refractivity contribution in [2.75, 3.05) is 5.32 Å². The average Bonchev–Trinajstić information content (AvgIpc) is 2.56. The van der Waals surface area contributed by atoms with Gasteiger partial charge in [0.2, 0.25) is 5.91 Å². The van der Waals surface area contributed by atoms with Gasteiger partial charge in [-0.3, -0.25) is 4.79 Å². The Morgan fingerprint density at radius 3 is 2.62 bits per heavy atom. The molecule has 0 aliphatic carbocycles. The molecule has 0 bridgehead atoms. The van der Waals surface area contributed by atoms with Crippen molar-refractivity contribution in [3.8, 4) is 11.8 Å². The maximum Gasteiger partial charge on any atom is 0.321 e. The van der Waals surface area contributed by atoms with Crippen molar-refractivity contribution in [2.45, 2.75) is 46.0 Å². The third kappa shape index (κ3) is 5.92. The molecule has 0 atom stereocenters. The lowest BCUT2D eigenvalue weighted by molar-refractivity contribution is -0.116. The van der Waals surface area contributed by atoms with E-state index in [0.29, 0.717) is 12.2 Å². The van der Waals surface area contributed by atoms with Crippen LogP contribution in [0.2, 0.25) is 0 Å². The van der Waals surface area contributed by atoms with Crippen LogP contribution in [0.1, 0.15) is 44.6 Å². The highest BCUT2D eigenvalue weighted by molar-refractivity contribution is 9.10. The molecule has 0 spiro atoms. The van der Waals surface area contributed by atoms with Crippen molar-refractivity contribution in [3.63, 3.8) is 0 Å². The van der Waals surface area contributed by atoms with E-state index in [4.69, 9.17) is 4.74 Å². The number of carbonyl (C=O) groups excluding carboxylic acids is 1. The lowest BCUT2D eigenvalue weighted by Gasteiger charge is -2.10. The second-order valence-corrected chi connectivity index (χ2v) is 6.54. The van der Waals surface area contributed by atoms with E-state index >= 15 is 0 Å². The predicted octanol–water partition coefficient (Wildman–Crippen LogP) is 5.25. The maximum atomic E-state index is 11.9. The summed E-state index contributed by atoms with van der Waals surface area (Å²) in [6, 6.07) is 5.81. The van der Waals surface area contributed by atoms with E-state index in [1.807, 2.05) is 25.1 Å². The third-order valence-electron chi connectivity index (χ3n) is 3.51. The van der Waals surface area contributed by atoms with E-state index in [-0.39, 0.29) is 11.9 Å². The van der Waals surface area contributed by atoms with Gasteiger partial charge in [0.15, 0.2) is 0 Å². The lowest BCUT2D eigenvalue weighted by atomic mass is 10.1. The standard InChI is InChI=1S/C18H22BrN3O2/c1-3-4-5-6-7-17(23)22-15-8-9-16(13(2)10-15)24-18-20-11-14(19)12-21-18/h8-12H,3-7H2,1-2H3,(H,22,23). The molecule has 0 fully saturated rings. The Morgan fingerprint density at radius 2 is 1.96 bits per heavy atom. The molecule has 1 N–H and O–H groups in total. The molecule has 0 radical (unpaired) electrons. The molecule has 0 saturated carbocycles. The third-order valence-corrected chi connectivity index (χ3v) is 3.92. The van der Waals surface area contributed by atoms with Crippen LogP contribution in [-0.4, -0.2) is 15.9 Å². The van der Waals surface area contributed by atoms with Gasteiger partial charge in [0.25, 0.3) is 0 Å². The number of anilines is 1. The van der Waals surface area contributed by atoms with Gasteiger partial charge in [0, 0.05) is 24.5 Å². The molecular weight excluding hydrogens is 370 g/mol. The molecule has 0 unspecified atom stereocenters. The zero-order valence-corrected chi connectivity index (χ0v) is 15.6. The first-order chi connectivity index (χ1) is 11.6. The van der Waals surface area contributed by atoms with E-state index in [9.17, 15) is 4.79 Å². The van der Waals surface area contributed by atoms with Crippen molar-refractivity contribution >= 4 is 27.5 Å². The summed E-state index contributed by atoms with van der Waals surface area (Å²) in [6.07, 6.45) is 8.20. The number of benzene rings is 1. The van der Waals surface area contributed by atoms with E-state index in [1.165, 1.54) is 12.8 Å². The quantitative estimate of drug-likeness (QED) is 0.624. The summed E-state index contributed by atoms with van der Waals surface area (Å²) in [5.41, 5.74) is 1.68. The first kappa shape index (κ1) is 18.4. The highest BCUT2D eigenvalue weighted by atomic mass is 79.9. The molecule has 128 valence electrons. The Labute approximate surface area is 151 Å². The Hall–Kier alpha value is -1.95. The fourth-order valence-corrected chi connectivity index (χ4v) is 2.43. The van der Waals surface area contributed by atoms with Gasteiger partial charge < -0.3 is 10.1 Å². The van der Waals surface area contributed by atoms with Gasteiger partial charge in [-0.05, 0) is 53.0 Å². The summed E-state index contributed by atoms with van der Waals surface area (Å²) in [5.74, 6) is 0.716. The molecule has 1 amide bonds. The largest absolute Gasteiger partial charge is 0.424 e. The first-order valence-electron chi connectivity index (χ1n) is 8.14. The number of aromatic nitrogens is 2. The summed E-state index contributed by atoms with van der Waals surface area (Å²) < 4.78 is 6.46. The fourth-order valence-electron chi connectivity index (χ4n) is 2.23. The van der Waals surface area contributed by atoms with E-state index in [1.54, 1.807) is 12.4 Å². The molecular formula is C18H22BrN3O2. The summed E-state index contributed by atoms with van der Waals surface area (Å²) >= 11 is 3.28. The number of hydrogen-bond donors (Lipinski definition) is 1. The Balaban J connectivity index is 1.91. The minimum atomic E-state index is 0.0513. The van der Waals surface area contributed by atoms with Crippen molar-refractivity contribution in [2.24, 2.45) is 0 Å². The monoisotopic (exact) mass is 391 g/mol. The van der Waals surface area contributed by atoms with Crippen LogP contribution in [0.3, 0.4) is 0 Å². The van der Waals surface area contributed by atoms with E-state index in [2.05, 4.69) is 38.1 Å². The van der Waals surface area contributed by atoms with Crippen LogP contribution in [0.4, 0.5) is 5.69 Å². The Morgan fingerprint density at radius 1 is 1.21 bits per heavy atom. The maximum absolute atomic E-state index is 11.9. The van der Waals surface area contributed by atoms with Gasteiger partial charge >= 0.3 is 6.01 Å². The number of nitrogens with zero attached hydrogens (tertiary/aromatic N) is 2. The molecule has 2 aromatic rings. The van der Waals surface area contributed by atoms with Gasteiger partial charge in [0.05, 0.1) is 4.47 Å². The molecule has 6 heteroatoms. The van der Waals surface area contributed by atoms with Crippen LogP contribution < -0.4 is 10.1 Å². The van der Waals surface area contributed by atoms with Gasteiger partial charge in [0.1, 0.15) is 5.75 Å². The number of aryl methyl sites for hydroxylation is 1. The van der Waals surface area contributed by atoms with Crippen LogP contribution in [0.25, 0.3) is 0 Å². The minimum Gasteiger partial charge on any atom is -0.424 e. The Bertz CT molecular complexity index is 674.